The second kappa shape index (κ2) is 62.8. The van der Waals surface area contributed by atoms with Crippen LogP contribution in [0.4, 0.5) is 0 Å². The maximum absolute atomic E-state index is 12.4. The monoisotopic (exact) mass is 2170 g/mol. The van der Waals surface area contributed by atoms with Crippen molar-refractivity contribution in [2.24, 2.45) is 21.1 Å². The van der Waals surface area contributed by atoms with Crippen LogP contribution < -0.4 is 54.9 Å². The first-order valence-electron chi connectivity index (χ1n) is 44.9. The standard InChI is InChI=1S/C15H23N3O7.C15H23N3O6S.C15H23N3O5S2.C14H21N3O7.C14H22N2O6S.C14H22N2O5S2/c1-16-10(19)7-24-13-11(25-9(6-22-3)12(13)23-4)8-5-18(2)15(21)17-14(8)20;1-16-10(19)7-23-13-11(24-9(6-21-3)12(13)22-4)8-5-18(2)15(25)17-14(8)20;1-16-10(19)7-22-13-11(23-9(6-20-3)12(13)21-4)8-5-18(2)15(25)17-14(8)24;1-15-9(18)6-23-12-10(7-4-16-14(20)17-13(7)19)24-8(5-21-2)11(12)22-3;1-18-4-5-21-12-10(8-6-15-14(23)16-13(8)17)22-9(7-19-2)11(12)20-3;1-17-4-5-20-12-10(8-6-15-14(23)16-13(8)22)21-9(7-18-2)11(12)19-3/h5,9,11-13H,6-7H2,1-4H3,(H,16,19)(H,17,20,21);5,9,11-13H,6-7H2,1-4H3,(H,16,19)(H,17,20,25);5,9,11-13H,6-7H2,1-4H3,(H,16,19)(H,17,24,25);4,8,10-12H,5-6H2,1-3H3,(H,15,18)(H2,16,17,19,20);6,9-12H,4-5,7H2,1-3H3,(H2,15,16,17,23);6,9-12H,4-5,7H2,1-3H3,(H2,15,16,22,23)/t3*9-,11+,12?,13-;8-,10+,11?,12-;2*9-,10+,11?,12-/m111111/s1. The number of likely N-dealkylation sites (N-methyl/N-ethyl adjacent to an activating group) is 4. The Hall–Kier alpha value is -8.56. The summed E-state index contributed by atoms with van der Waals surface area (Å²) in [7, 11) is 32.9. The molecule has 6 fully saturated rings. The highest BCUT2D eigenvalue weighted by Gasteiger charge is 2.54. The van der Waals surface area contributed by atoms with E-state index in [1.807, 2.05) is 13.2 Å². The van der Waals surface area contributed by atoms with Gasteiger partial charge in [-0.3, -0.25) is 58.3 Å². The van der Waals surface area contributed by atoms with E-state index in [0.29, 0.717) is 86.5 Å². The molecule has 6 aliphatic heterocycles. The summed E-state index contributed by atoms with van der Waals surface area (Å²) in [6.07, 6.45) is -2.88. The van der Waals surface area contributed by atoms with Crippen LogP contribution in [0.2, 0.25) is 0 Å². The Balaban J connectivity index is 0.000000236. The van der Waals surface area contributed by atoms with E-state index in [-0.39, 0.29) is 140 Å². The van der Waals surface area contributed by atoms with Gasteiger partial charge in [-0.1, -0.05) is 24.4 Å². The molecule has 814 valence electrons. The van der Waals surface area contributed by atoms with Gasteiger partial charge in [0, 0.05) is 197 Å². The summed E-state index contributed by atoms with van der Waals surface area (Å²) in [6, 6.07) is 0. The third kappa shape index (κ3) is 34.0. The molecule has 145 heavy (non-hydrogen) atoms. The van der Waals surface area contributed by atoms with E-state index in [1.54, 1.807) is 106 Å². The van der Waals surface area contributed by atoms with Gasteiger partial charge in [0.25, 0.3) is 22.2 Å². The zero-order valence-corrected chi connectivity index (χ0v) is 89.1. The average molecular weight is 2170 g/mol. The lowest BCUT2D eigenvalue weighted by Gasteiger charge is -2.23. The highest BCUT2D eigenvalue weighted by Crippen LogP contribution is 2.43. The molecule has 52 nitrogen and oxygen atoms in total. The number of aromatic nitrogens is 12. The van der Waals surface area contributed by atoms with Gasteiger partial charge in [-0.05, 0) is 48.9 Å². The van der Waals surface area contributed by atoms with Crippen LogP contribution in [0.1, 0.15) is 70.0 Å². The number of amides is 4. The van der Waals surface area contributed by atoms with E-state index in [9.17, 15) is 47.9 Å². The lowest BCUT2D eigenvalue weighted by Crippen LogP contribution is -2.40. The molecule has 0 saturated carbocycles. The van der Waals surface area contributed by atoms with Gasteiger partial charge >= 0.3 is 11.4 Å². The Kier molecular flexibility index (Phi) is 53.4. The molecule has 6 aromatic heterocycles. The van der Waals surface area contributed by atoms with Gasteiger partial charge in [-0.25, -0.2) is 9.59 Å². The summed E-state index contributed by atoms with van der Waals surface area (Å²) < 4.78 is 152. The first-order chi connectivity index (χ1) is 69.5. The summed E-state index contributed by atoms with van der Waals surface area (Å²) in [5.41, 5.74) is -0.374. The van der Waals surface area contributed by atoms with Crippen LogP contribution in [0, 0.1) is 28.4 Å². The third-order valence-corrected chi connectivity index (χ3v) is 25.1. The van der Waals surface area contributed by atoms with Crippen molar-refractivity contribution in [3.63, 3.8) is 0 Å². The fourth-order valence-corrected chi connectivity index (χ4v) is 17.5. The highest BCUT2D eigenvalue weighted by molar-refractivity contribution is 7.72. The number of nitrogens with one attached hydrogen (secondary N) is 13. The molecule has 0 aliphatic carbocycles. The van der Waals surface area contributed by atoms with Crippen molar-refractivity contribution in [3.8, 4) is 0 Å². The molecular formula is C87H134N16O36S6. The SMILES string of the molecule is CNC(=O)CO[C@H]1C(OC)[C@@H](COC)O[C@H]1c1c[nH]c(=O)[nH]c1=O.CNC(=O)CO[C@H]1C(OC)[C@@H](COC)O[C@H]1c1cn(C)c(=O)[nH]c1=O.CNC(=O)CO[C@H]1C(OC)[C@@H](COC)O[C@H]1c1cn(C)c(=S)[nH]c1=O.CNC(=O)CO[C@H]1C(OC)[C@@H](COC)O[C@H]1c1cn(C)c(=S)[nH]c1=S.COCCO[C@H]1C(OC)[C@@H](COC)O[C@H]1c1c[nH]c(=S)[nH]c1=O.COCCO[C@H]1C(OC)[C@@H](COC)O[C@H]1c1c[nH]c(=S)[nH]c1=S. The molecule has 0 spiro atoms. The Morgan fingerprint density at radius 2 is 0.559 bits per heavy atom. The fourth-order valence-electron chi connectivity index (χ4n) is 16.2. The molecule has 24 atom stereocenters. The van der Waals surface area contributed by atoms with E-state index in [4.69, 9.17) is 196 Å². The minimum absolute atomic E-state index is 0.109. The average Bonchev–Trinajstić information content (AvgIpc) is 1.66. The maximum Gasteiger partial charge on any atom is 0.328 e. The fraction of sp³-hybridized carbons (Fsp3) is 0.678. The van der Waals surface area contributed by atoms with Gasteiger partial charge in [0.05, 0.1) is 88.3 Å². The van der Waals surface area contributed by atoms with Gasteiger partial charge in [-0.2, -0.15) is 0 Å². The Morgan fingerprint density at radius 1 is 0.297 bits per heavy atom. The van der Waals surface area contributed by atoms with Crippen LogP contribution in [-0.4, -0.2) is 412 Å². The Morgan fingerprint density at radius 3 is 0.869 bits per heavy atom. The van der Waals surface area contributed by atoms with E-state index in [0.717, 1.165) is 5.56 Å². The number of rotatable bonds is 44. The number of methoxy groups -OCH3 is 14. The molecule has 6 aromatic rings. The van der Waals surface area contributed by atoms with Crippen molar-refractivity contribution >= 4 is 96.9 Å². The van der Waals surface area contributed by atoms with E-state index >= 15 is 0 Å². The second-order valence-corrected chi connectivity index (χ2v) is 34.8. The molecule has 0 bridgehead atoms. The zero-order chi connectivity index (χ0) is 107. The summed E-state index contributed by atoms with van der Waals surface area (Å²) in [5, 5.41) is 9.91. The molecule has 12 heterocycles. The number of carbonyl (C=O) groups is 4. The van der Waals surface area contributed by atoms with Gasteiger partial charge in [0.1, 0.15) is 182 Å². The number of nitrogens with zero attached hydrogens (tertiary/aromatic N) is 3. The lowest BCUT2D eigenvalue weighted by molar-refractivity contribution is -0.131. The van der Waals surface area contributed by atoms with Crippen molar-refractivity contribution < 1.29 is 142 Å². The van der Waals surface area contributed by atoms with Crippen molar-refractivity contribution in [2.45, 2.75) is 146 Å². The van der Waals surface area contributed by atoms with E-state index in [1.165, 1.54) is 80.7 Å². The molecule has 0 aromatic carbocycles. The highest BCUT2D eigenvalue weighted by atomic mass is 32.1. The number of hydrogen-bond acceptors (Lipinski definition) is 42. The van der Waals surface area contributed by atoms with Crippen molar-refractivity contribution in [1.82, 2.24) is 79.8 Å². The minimum atomic E-state index is -0.819. The maximum atomic E-state index is 12.4. The van der Waals surface area contributed by atoms with Crippen LogP contribution in [0.15, 0.2) is 65.9 Å². The van der Waals surface area contributed by atoms with Gasteiger partial charge in [0.15, 0.2) is 19.1 Å². The van der Waals surface area contributed by atoms with Crippen molar-refractivity contribution in [2.75, 3.05) is 220 Å². The topological polar surface area (TPSA) is 616 Å². The van der Waals surface area contributed by atoms with Crippen LogP contribution >= 0.6 is 73.3 Å². The van der Waals surface area contributed by atoms with Crippen LogP contribution in [0.25, 0.3) is 0 Å². The number of H-pyrrole nitrogens is 9. The first kappa shape index (κ1) is 123. The molecule has 13 N–H and O–H groups in total. The minimum Gasteiger partial charge on any atom is -0.382 e. The van der Waals surface area contributed by atoms with Gasteiger partial charge in [0.2, 0.25) is 23.6 Å². The number of ether oxygens (including phenoxy) is 26. The summed E-state index contributed by atoms with van der Waals surface area (Å²) in [4.78, 5) is 141. The molecule has 6 unspecified atom stereocenters. The Bertz CT molecular complexity index is 5430. The number of aromatic amines is 9. The molecule has 4 amide bonds. The summed E-state index contributed by atoms with van der Waals surface area (Å²) in [5.74, 6) is -1.17. The number of aryl methyl sites for hydroxylation is 3. The third-order valence-electron chi connectivity index (χ3n) is 23.2. The normalized spacial score (nSPS) is 26.5. The molecule has 58 heteroatoms. The zero-order valence-electron chi connectivity index (χ0n) is 84.2. The summed E-state index contributed by atoms with van der Waals surface area (Å²) >= 11 is 31.0. The predicted octanol–water partition coefficient (Wildman–Crippen LogP) is -0.178. The Labute approximate surface area is 863 Å². The van der Waals surface area contributed by atoms with Crippen molar-refractivity contribution in [1.29, 1.82) is 0 Å². The molecule has 6 saturated heterocycles. The largest absolute Gasteiger partial charge is 0.382 e. The molecular weight excluding hydrogens is 2040 g/mol. The smallest absolute Gasteiger partial charge is 0.328 e. The number of carbonyl (C=O) groups excluding carboxylic acids is 4. The van der Waals surface area contributed by atoms with Crippen LogP contribution in [-0.2, 0) is 163 Å². The van der Waals surface area contributed by atoms with E-state index < -0.39 is 126 Å². The second-order valence-electron chi connectivity index (χ2n) is 32.4. The quantitative estimate of drug-likeness (QED) is 0.0174. The van der Waals surface area contributed by atoms with Crippen LogP contribution in [0.3, 0.4) is 0 Å². The molecule has 6 aliphatic rings. The lowest BCUT2D eigenvalue weighted by atomic mass is 10.0. The van der Waals surface area contributed by atoms with Crippen LogP contribution in [0.5, 0.6) is 0 Å². The van der Waals surface area contributed by atoms with Gasteiger partial charge < -0.3 is 183 Å². The molecule has 0 radical (unpaired) electrons. The van der Waals surface area contributed by atoms with E-state index in [2.05, 4.69) is 66.1 Å². The van der Waals surface area contributed by atoms with Crippen molar-refractivity contribution in [3.05, 3.63) is 161 Å². The predicted molar refractivity (Wildman–Crippen MR) is 528 cm³/mol. The summed E-state index contributed by atoms with van der Waals surface area (Å²) in [6.45, 7) is 2.75. The molecule has 12 rings (SSSR count). The number of hydrogen-bond donors (Lipinski definition) is 13. The first-order valence-corrected chi connectivity index (χ1v) is 47.4. The van der Waals surface area contributed by atoms with Gasteiger partial charge in [-0.15, -0.1) is 0 Å².